The van der Waals surface area contributed by atoms with Crippen LogP contribution in [-0.4, -0.2) is 30.7 Å². The van der Waals surface area contributed by atoms with E-state index in [4.69, 9.17) is 37.6 Å². The summed E-state index contributed by atoms with van der Waals surface area (Å²) < 4.78 is 22.0. The first-order valence-electron chi connectivity index (χ1n) is 8.52. The van der Waals surface area contributed by atoms with Crippen molar-refractivity contribution in [3.8, 4) is 35.3 Å². The van der Waals surface area contributed by atoms with Crippen molar-refractivity contribution < 1.29 is 23.7 Å². The van der Waals surface area contributed by atoms with Crippen molar-refractivity contribution >= 4 is 46.0 Å². The number of carbonyl (C=O) groups is 1. The second-order valence-electron chi connectivity index (χ2n) is 5.96. The summed E-state index contributed by atoms with van der Waals surface area (Å²) in [5.74, 6) is 4.51. The van der Waals surface area contributed by atoms with Crippen LogP contribution in [0.1, 0.15) is 5.56 Å². The van der Waals surface area contributed by atoms with Crippen LogP contribution < -0.4 is 23.8 Å². The van der Waals surface area contributed by atoms with Gasteiger partial charge in [-0.3, -0.25) is 9.69 Å². The number of hydrogen-bond acceptors (Lipinski definition) is 7. The Morgan fingerprint density at radius 3 is 2.86 bits per heavy atom. The molecule has 0 atom stereocenters. The van der Waals surface area contributed by atoms with Crippen LogP contribution in [0, 0.1) is 12.3 Å². The summed E-state index contributed by atoms with van der Waals surface area (Å²) in [5.41, 5.74) is 1.41. The lowest BCUT2D eigenvalue weighted by atomic mass is 10.1. The fourth-order valence-electron chi connectivity index (χ4n) is 2.88. The molecule has 2 aliphatic rings. The Morgan fingerprint density at radius 2 is 2.07 bits per heavy atom. The van der Waals surface area contributed by atoms with E-state index in [9.17, 15) is 4.79 Å². The molecule has 0 unspecified atom stereocenters. The predicted octanol–water partition coefficient (Wildman–Crippen LogP) is 3.84. The molecule has 0 aromatic heterocycles. The molecule has 1 saturated heterocycles. The van der Waals surface area contributed by atoms with Gasteiger partial charge in [0.05, 0.1) is 17.7 Å². The van der Waals surface area contributed by atoms with Crippen molar-refractivity contribution in [1.82, 2.24) is 0 Å². The molecule has 2 heterocycles. The Morgan fingerprint density at radius 1 is 1.24 bits per heavy atom. The predicted molar refractivity (Wildman–Crippen MR) is 116 cm³/mol. The van der Waals surface area contributed by atoms with Gasteiger partial charge in [-0.15, -0.1) is 6.42 Å². The topological polar surface area (TPSA) is 57.2 Å². The Labute approximate surface area is 177 Å². The number of carbonyl (C=O) groups excluding carboxylic acids is 1. The minimum absolute atomic E-state index is 0.143. The zero-order valence-electron chi connectivity index (χ0n) is 15.3. The molecule has 146 valence electrons. The Balaban J connectivity index is 1.60. The summed E-state index contributed by atoms with van der Waals surface area (Å²) in [6.45, 7) is 0.309. The lowest BCUT2D eigenvalue weighted by Crippen LogP contribution is -2.27. The number of terminal acetylenes is 1. The van der Waals surface area contributed by atoms with Gasteiger partial charge in [0.1, 0.15) is 6.61 Å². The molecule has 2 aromatic carbocycles. The summed E-state index contributed by atoms with van der Waals surface area (Å²) in [5, 5.41) is 0. The number of ether oxygens (including phenoxy) is 4. The average molecular weight is 425 g/mol. The second-order valence-corrected chi connectivity index (χ2v) is 7.63. The third-order valence-corrected chi connectivity index (χ3v) is 5.51. The Bertz CT molecular complexity index is 1070. The SMILES string of the molecule is C#CCOc1ccc(/C=C2\SC(=S)N(c3ccc4c(c3)OCO4)C2=O)cc1OC. The molecule has 0 aliphatic carbocycles. The van der Waals surface area contributed by atoms with E-state index < -0.39 is 0 Å². The zero-order chi connectivity index (χ0) is 20.4. The molecule has 1 fully saturated rings. The normalized spacial score (nSPS) is 16.3. The van der Waals surface area contributed by atoms with E-state index in [2.05, 4.69) is 5.92 Å². The molecule has 2 aromatic rings. The lowest BCUT2D eigenvalue weighted by molar-refractivity contribution is -0.113. The van der Waals surface area contributed by atoms with Crippen LogP contribution in [0.25, 0.3) is 6.08 Å². The number of fused-ring (bicyclic) bond motifs is 1. The van der Waals surface area contributed by atoms with Crippen molar-refractivity contribution in [3.63, 3.8) is 0 Å². The van der Waals surface area contributed by atoms with E-state index in [1.807, 2.05) is 6.07 Å². The first kappa shape index (κ1) is 19.2. The monoisotopic (exact) mass is 425 g/mol. The number of thiocarbonyl (C=S) groups is 1. The van der Waals surface area contributed by atoms with Gasteiger partial charge >= 0.3 is 0 Å². The third-order valence-electron chi connectivity index (χ3n) is 4.20. The Kier molecular flexibility index (Phi) is 5.34. The highest BCUT2D eigenvalue weighted by atomic mass is 32.2. The van der Waals surface area contributed by atoms with Crippen molar-refractivity contribution in [2.45, 2.75) is 0 Å². The van der Waals surface area contributed by atoms with Crippen LogP contribution in [-0.2, 0) is 4.79 Å². The van der Waals surface area contributed by atoms with Crippen LogP contribution in [0.15, 0.2) is 41.3 Å². The zero-order valence-corrected chi connectivity index (χ0v) is 17.0. The van der Waals surface area contributed by atoms with Crippen molar-refractivity contribution in [2.24, 2.45) is 0 Å². The molecule has 4 rings (SSSR count). The summed E-state index contributed by atoms with van der Waals surface area (Å²) in [7, 11) is 1.54. The van der Waals surface area contributed by atoms with Crippen molar-refractivity contribution in [3.05, 3.63) is 46.9 Å². The molecule has 6 nitrogen and oxygen atoms in total. The van der Waals surface area contributed by atoms with E-state index >= 15 is 0 Å². The van der Waals surface area contributed by atoms with Gasteiger partial charge in [-0.1, -0.05) is 36.0 Å². The highest BCUT2D eigenvalue weighted by molar-refractivity contribution is 8.27. The molecule has 0 radical (unpaired) electrons. The van der Waals surface area contributed by atoms with Gasteiger partial charge in [0, 0.05) is 6.07 Å². The van der Waals surface area contributed by atoms with Crippen molar-refractivity contribution in [2.75, 3.05) is 25.4 Å². The number of amides is 1. The molecular weight excluding hydrogens is 410 g/mol. The van der Waals surface area contributed by atoms with Crippen LogP contribution in [0.3, 0.4) is 0 Å². The lowest BCUT2D eigenvalue weighted by Gasteiger charge is -2.14. The third kappa shape index (κ3) is 3.75. The molecule has 0 bridgehead atoms. The number of anilines is 1. The van der Waals surface area contributed by atoms with E-state index in [0.29, 0.717) is 37.9 Å². The minimum atomic E-state index is -0.203. The highest BCUT2D eigenvalue weighted by Gasteiger charge is 2.34. The minimum Gasteiger partial charge on any atom is -0.493 e. The second kappa shape index (κ2) is 8.07. The molecule has 2 aliphatic heterocycles. The van der Waals surface area contributed by atoms with E-state index in [-0.39, 0.29) is 19.3 Å². The maximum atomic E-state index is 13.0. The van der Waals surface area contributed by atoms with Crippen molar-refractivity contribution in [1.29, 1.82) is 0 Å². The van der Waals surface area contributed by atoms with Gasteiger partial charge in [0.15, 0.2) is 27.3 Å². The van der Waals surface area contributed by atoms with Crippen LogP contribution >= 0.6 is 24.0 Å². The van der Waals surface area contributed by atoms with E-state index in [1.165, 1.54) is 16.7 Å². The fraction of sp³-hybridized carbons (Fsp3) is 0.143. The maximum absolute atomic E-state index is 13.0. The van der Waals surface area contributed by atoms with Gasteiger partial charge in [-0.25, -0.2) is 0 Å². The highest BCUT2D eigenvalue weighted by Crippen LogP contribution is 2.41. The van der Waals surface area contributed by atoms with Gasteiger partial charge in [0.25, 0.3) is 5.91 Å². The number of thioether (sulfide) groups is 1. The van der Waals surface area contributed by atoms with Crippen LogP contribution in [0.2, 0.25) is 0 Å². The van der Waals surface area contributed by atoms with Crippen LogP contribution in [0.4, 0.5) is 5.69 Å². The van der Waals surface area contributed by atoms with Gasteiger partial charge < -0.3 is 18.9 Å². The molecule has 0 saturated carbocycles. The summed E-state index contributed by atoms with van der Waals surface area (Å²) in [6.07, 6.45) is 6.99. The summed E-state index contributed by atoms with van der Waals surface area (Å²) in [6, 6.07) is 10.6. The molecule has 29 heavy (non-hydrogen) atoms. The number of hydrogen-bond donors (Lipinski definition) is 0. The standard InChI is InChI=1S/C21H15NO5S2/c1-3-8-25-15-6-4-13(9-17(15)24-2)10-19-20(23)22(21(28)29-19)14-5-7-16-18(11-14)27-12-26-16/h1,4-7,9-11H,8,12H2,2H3/b19-10-. The summed E-state index contributed by atoms with van der Waals surface area (Å²) in [4.78, 5) is 15.0. The first-order chi connectivity index (χ1) is 14.1. The molecule has 1 amide bonds. The van der Waals surface area contributed by atoms with E-state index in [0.717, 1.165) is 5.56 Å². The number of nitrogens with zero attached hydrogens (tertiary/aromatic N) is 1. The molecule has 8 heteroatoms. The number of methoxy groups -OCH3 is 1. The van der Waals surface area contributed by atoms with E-state index in [1.54, 1.807) is 43.5 Å². The average Bonchev–Trinajstić information content (AvgIpc) is 3.30. The molecular formula is C21H15NO5S2. The number of rotatable bonds is 5. The smallest absolute Gasteiger partial charge is 0.270 e. The largest absolute Gasteiger partial charge is 0.493 e. The Hall–Kier alpha value is -3.15. The number of benzene rings is 2. The molecule has 0 N–H and O–H groups in total. The quantitative estimate of drug-likeness (QED) is 0.410. The van der Waals surface area contributed by atoms with Gasteiger partial charge in [0.2, 0.25) is 6.79 Å². The maximum Gasteiger partial charge on any atom is 0.270 e. The van der Waals surface area contributed by atoms with Crippen LogP contribution in [0.5, 0.6) is 23.0 Å². The van der Waals surface area contributed by atoms with Gasteiger partial charge in [-0.2, -0.15) is 0 Å². The van der Waals surface area contributed by atoms with Gasteiger partial charge in [-0.05, 0) is 35.9 Å². The molecule has 0 spiro atoms. The first-order valence-corrected chi connectivity index (χ1v) is 9.75. The fourth-order valence-corrected chi connectivity index (χ4v) is 4.18. The summed E-state index contributed by atoms with van der Waals surface area (Å²) >= 11 is 6.66.